The summed E-state index contributed by atoms with van der Waals surface area (Å²) < 4.78 is 37.6. The molecule has 0 N–H and O–H groups in total. The van der Waals surface area contributed by atoms with Crippen LogP contribution < -0.4 is 0 Å². The molecule has 0 heterocycles. The normalized spacial score (nSPS) is 12.7. The summed E-state index contributed by atoms with van der Waals surface area (Å²) in [5.41, 5.74) is -0.200. The molecule has 18 heavy (non-hydrogen) atoms. The molecule has 1 aromatic carbocycles. The van der Waals surface area contributed by atoms with Gasteiger partial charge in [-0.1, -0.05) is 13.8 Å². The summed E-state index contributed by atoms with van der Waals surface area (Å²) in [5.74, 6) is -1.56. The molecule has 0 saturated carbocycles. The van der Waals surface area contributed by atoms with Crippen molar-refractivity contribution in [2.75, 3.05) is 11.5 Å². The zero-order valence-electron chi connectivity index (χ0n) is 10.4. The van der Waals surface area contributed by atoms with Gasteiger partial charge in [0.25, 0.3) is 0 Å². The van der Waals surface area contributed by atoms with Crippen LogP contribution in [0.5, 0.6) is 0 Å². The monoisotopic (exact) mass is 274 g/mol. The van der Waals surface area contributed by atoms with Gasteiger partial charge in [-0.15, -0.1) is 0 Å². The molecule has 1 unspecified atom stereocenters. The minimum Gasteiger partial charge on any atom is -0.293 e. The first-order valence-corrected chi connectivity index (χ1v) is 7.22. The topological polar surface area (TPSA) is 34.1 Å². The molecule has 0 aromatic heterocycles. The first-order chi connectivity index (χ1) is 8.40. The number of benzene rings is 1. The van der Waals surface area contributed by atoms with Crippen LogP contribution in [0.1, 0.15) is 30.6 Å². The summed E-state index contributed by atoms with van der Waals surface area (Å²) in [4.78, 5) is 11.7. The molecule has 1 aromatic rings. The van der Waals surface area contributed by atoms with Crippen LogP contribution in [-0.4, -0.2) is 21.5 Å². The van der Waals surface area contributed by atoms with Crippen LogP contribution >= 0.6 is 0 Å². The van der Waals surface area contributed by atoms with Crippen LogP contribution in [-0.2, 0) is 10.8 Å². The van der Waals surface area contributed by atoms with E-state index in [1.807, 2.05) is 13.8 Å². The molecule has 1 atom stereocenters. The van der Waals surface area contributed by atoms with Crippen molar-refractivity contribution in [1.82, 2.24) is 0 Å². The third-order valence-corrected chi connectivity index (χ3v) is 3.72. The lowest BCUT2D eigenvalue weighted by Crippen LogP contribution is -2.15. The van der Waals surface area contributed by atoms with Gasteiger partial charge in [-0.2, -0.15) is 0 Å². The Hall–Kier alpha value is -1.10. The van der Waals surface area contributed by atoms with Gasteiger partial charge in [0.2, 0.25) is 0 Å². The molecule has 5 heteroatoms. The van der Waals surface area contributed by atoms with Crippen molar-refractivity contribution in [3.63, 3.8) is 0 Å². The first-order valence-electron chi connectivity index (χ1n) is 5.73. The van der Waals surface area contributed by atoms with Crippen molar-refractivity contribution >= 4 is 16.6 Å². The maximum Gasteiger partial charge on any atom is 0.178 e. The van der Waals surface area contributed by atoms with Gasteiger partial charge in [0.05, 0.1) is 11.3 Å². The van der Waals surface area contributed by atoms with Gasteiger partial charge in [0.15, 0.2) is 5.78 Å². The van der Waals surface area contributed by atoms with E-state index in [9.17, 15) is 17.8 Å². The highest BCUT2D eigenvalue weighted by Gasteiger charge is 2.15. The predicted octanol–water partition coefficient (Wildman–Crippen LogP) is 2.94. The van der Waals surface area contributed by atoms with Crippen LogP contribution in [0.15, 0.2) is 18.2 Å². The van der Waals surface area contributed by atoms with E-state index in [1.54, 1.807) is 0 Å². The molecule has 2 nitrogen and oxygen atoms in total. The van der Waals surface area contributed by atoms with Crippen LogP contribution in [0.25, 0.3) is 0 Å². The van der Waals surface area contributed by atoms with Crippen LogP contribution in [0.4, 0.5) is 8.78 Å². The third kappa shape index (κ3) is 4.64. The summed E-state index contributed by atoms with van der Waals surface area (Å²) in [6.07, 6.45) is 0.756. The zero-order chi connectivity index (χ0) is 13.7. The van der Waals surface area contributed by atoms with E-state index in [2.05, 4.69) is 0 Å². The quantitative estimate of drug-likeness (QED) is 0.747. The van der Waals surface area contributed by atoms with Crippen LogP contribution in [0.2, 0.25) is 0 Å². The Balaban J connectivity index is 2.62. The minimum absolute atomic E-state index is 0.200. The maximum absolute atomic E-state index is 13.3. The Morgan fingerprint density at radius 2 is 2.00 bits per heavy atom. The van der Waals surface area contributed by atoms with Crippen molar-refractivity contribution in [1.29, 1.82) is 0 Å². The van der Waals surface area contributed by atoms with E-state index in [0.717, 1.165) is 18.6 Å². The summed E-state index contributed by atoms with van der Waals surface area (Å²) in [5, 5.41) is 0. The molecular weight excluding hydrogens is 258 g/mol. The zero-order valence-corrected chi connectivity index (χ0v) is 11.2. The molecule has 0 saturated heterocycles. The molecular formula is C13H16F2O2S. The van der Waals surface area contributed by atoms with Gasteiger partial charge in [-0.25, -0.2) is 8.78 Å². The highest BCUT2D eigenvalue weighted by Crippen LogP contribution is 2.11. The SMILES string of the molecule is CC(C)CCS(=O)CC(=O)c1ccc(F)cc1F. The Labute approximate surface area is 108 Å². The van der Waals surface area contributed by atoms with Crippen LogP contribution in [0, 0.1) is 17.6 Å². The molecule has 0 fully saturated rings. The summed E-state index contributed by atoms with van der Waals surface area (Å²) in [6, 6.07) is 2.77. The second kappa shape index (κ2) is 6.73. The summed E-state index contributed by atoms with van der Waals surface area (Å²) >= 11 is 0. The van der Waals surface area contributed by atoms with Crippen molar-refractivity contribution in [2.24, 2.45) is 5.92 Å². The molecule has 0 aliphatic heterocycles. The lowest BCUT2D eigenvalue weighted by Gasteiger charge is -2.05. The lowest BCUT2D eigenvalue weighted by atomic mass is 10.1. The van der Waals surface area contributed by atoms with Crippen molar-refractivity contribution in [3.05, 3.63) is 35.4 Å². The van der Waals surface area contributed by atoms with E-state index in [0.29, 0.717) is 17.7 Å². The van der Waals surface area contributed by atoms with Crippen molar-refractivity contribution in [3.8, 4) is 0 Å². The molecule has 100 valence electrons. The van der Waals surface area contributed by atoms with Crippen LogP contribution in [0.3, 0.4) is 0 Å². The summed E-state index contributed by atoms with van der Waals surface area (Å²) in [6.45, 7) is 4.00. The van der Waals surface area contributed by atoms with E-state index in [1.165, 1.54) is 0 Å². The lowest BCUT2D eigenvalue weighted by molar-refractivity contribution is 0.101. The number of halogens is 2. The number of carbonyl (C=O) groups excluding carboxylic acids is 1. The molecule has 0 bridgehead atoms. The highest BCUT2D eigenvalue weighted by atomic mass is 32.2. The first kappa shape index (κ1) is 15.0. The second-order valence-corrected chi connectivity index (χ2v) is 6.09. The number of hydrogen-bond acceptors (Lipinski definition) is 2. The smallest absolute Gasteiger partial charge is 0.178 e. The molecule has 0 radical (unpaired) electrons. The van der Waals surface area contributed by atoms with E-state index in [4.69, 9.17) is 0 Å². The maximum atomic E-state index is 13.3. The molecule has 0 aliphatic rings. The Kier molecular flexibility index (Phi) is 5.59. The number of ketones is 1. The van der Waals surface area contributed by atoms with Gasteiger partial charge >= 0.3 is 0 Å². The minimum atomic E-state index is -1.29. The Bertz CT molecular complexity index is 458. The largest absolute Gasteiger partial charge is 0.293 e. The van der Waals surface area contributed by atoms with Crippen molar-refractivity contribution < 1.29 is 17.8 Å². The third-order valence-electron chi connectivity index (χ3n) is 2.45. The molecule has 0 amide bonds. The van der Waals surface area contributed by atoms with Gasteiger partial charge in [0, 0.05) is 22.6 Å². The van der Waals surface area contributed by atoms with Gasteiger partial charge < -0.3 is 0 Å². The van der Waals surface area contributed by atoms with Gasteiger partial charge in [0.1, 0.15) is 11.6 Å². The molecule has 1 rings (SSSR count). The van der Waals surface area contributed by atoms with E-state index < -0.39 is 28.2 Å². The van der Waals surface area contributed by atoms with Gasteiger partial charge in [-0.3, -0.25) is 9.00 Å². The van der Waals surface area contributed by atoms with Crippen molar-refractivity contribution in [2.45, 2.75) is 20.3 Å². The number of Topliss-reactive ketones (excluding diaryl/α,β-unsaturated/α-hetero) is 1. The fourth-order valence-corrected chi connectivity index (χ4v) is 2.71. The van der Waals surface area contributed by atoms with E-state index >= 15 is 0 Å². The number of hydrogen-bond donors (Lipinski definition) is 0. The average molecular weight is 274 g/mol. The van der Waals surface area contributed by atoms with Gasteiger partial charge in [-0.05, 0) is 24.5 Å². The molecule has 0 spiro atoms. The fourth-order valence-electron chi connectivity index (χ4n) is 1.38. The van der Waals surface area contributed by atoms with E-state index in [-0.39, 0.29) is 11.3 Å². The standard InChI is InChI=1S/C13H16F2O2S/c1-9(2)5-6-18(17)8-13(16)11-4-3-10(14)7-12(11)15/h3-4,7,9H,5-6,8H2,1-2H3. The predicted molar refractivity (Wildman–Crippen MR) is 68.0 cm³/mol. The average Bonchev–Trinajstić information content (AvgIpc) is 2.26. The number of rotatable bonds is 6. The fraction of sp³-hybridized carbons (Fsp3) is 0.462. The number of carbonyl (C=O) groups is 1. The summed E-state index contributed by atoms with van der Waals surface area (Å²) in [7, 11) is -1.29. The second-order valence-electron chi connectivity index (χ2n) is 4.52. The Morgan fingerprint density at radius 3 is 2.56 bits per heavy atom. The highest BCUT2D eigenvalue weighted by molar-refractivity contribution is 7.85. The molecule has 0 aliphatic carbocycles. The Morgan fingerprint density at radius 1 is 1.33 bits per heavy atom.